The van der Waals surface area contributed by atoms with Crippen molar-refractivity contribution in [1.29, 1.82) is 0 Å². The highest BCUT2D eigenvalue weighted by atomic mass is 16.6. The van der Waals surface area contributed by atoms with Crippen LogP contribution in [0, 0.1) is 0 Å². The van der Waals surface area contributed by atoms with E-state index >= 15 is 0 Å². The van der Waals surface area contributed by atoms with E-state index in [0.29, 0.717) is 13.1 Å². The minimum Gasteiger partial charge on any atom is -0.444 e. The van der Waals surface area contributed by atoms with Crippen LogP contribution in [0.5, 0.6) is 0 Å². The smallest absolute Gasteiger partial charge is 0.414 e. The van der Waals surface area contributed by atoms with E-state index in [1.54, 1.807) is 48.5 Å². The van der Waals surface area contributed by atoms with Crippen LogP contribution in [0.2, 0.25) is 0 Å². The highest BCUT2D eigenvalue weighted by molar-refractivity contribution is 6.01. The first kappa shape index (κ1) is 29.6. The van der Waals surface area contributed by atoms with Gasteiger partial charge in [-0.15, -0.1) is 0 Å². The second-order valence-corrected chi connectivity index (χ2v) is 9.69. The van der Waals surface area contributed by atoms with E-state index in [-0.39, 0.29) is 11.9 Å². The van der Waals surface area contributed by atoms with Crippen molar-refractivity contribution >= 4 is 24.1 Å². The van der Waals surface area contributed by atoms with E-state index in [9.17, 15) is 14.4 Å². The fourth-order valence-electron chi connectivity index (χ4n) is 2.42. The second-order valence-electron chi connectivity index (χ2n) is 9.69. The van der Waals surface area contributed by atoms with Crippen LogP contribution in [0.15, 0.2) is 4.99 Å². The van der Waals surface area contributed by atoms with Crippen LogP contribution in [0.1, 0.15) is 87.0 Å². The number of unbranched alkanes of at least 4 members (excludes halogenated alkanes) is 5. The third-order valence-electron chi connectivity index (χ3n) is 3.81. The van der Waals surface area contributed by atoms with Gasteiger partial charge in [-0.25, -0.2) is 9.59 Å². The highest BCUT2D eigenvalue weighted by Gasteiger charge is 2.21. The van der Waals surface area contributed by atoms with Crippen molar-refractivity contribution in [2.75, 3.05) is 13.1 Å². The number of alkyl carbamates (subject to hydrolysis) is 2. The van der Waals surface area contributed by atoms with E-state index in [1.807, 2.05) is 0 Å². The van der Waals surface area contributed by atoms with Gasteiger partial charge in [-0.3, -0.25) is 20.4 Å². The van der Waals surface area contributed by atoms with Crippen LogP contribution in [-0.4, -0.2) is 54.4 Å². The van der Waals surface area contributed by atoms with E-state index in [1.165, 1.54) is 0 Å². The van der Waals surface area contributed by atoms with E-state index in [0.717, 1.165) is 38.5 Å². The van der Waals surface area contributed by atoms with Crippen molar-refractivity contribution in [3.05, 3.63) is 0 Å². The molecule has 0 bridgehead atoms. The molecule has 0 aliphatic rings. The molecule has 0 fully saturated rings. The molecular formula is C22H43N5O5. The third-order valence-corrected chi connectivity index (χ3v) is 3.81. The number of nitrogens with zero attached hydrogens (tertiary/aromatic N) is 1. The number of carbonyl (C=O) groups excluding carboxylic acids is 3. The molecule has 0 saturated carbocycles. The molecule has 186 valence electrons. The molecule has 3 amide bonds. The van der Waals surface area contributed by atoms with Crippen LogP contribution >= 0.6 is 0 Å². The number of nitrogens with one attached hydrogen (secondary N) is 3. The minimum absolute atomic E-state index is 0.00151. The maximum Gasteiger partial charge on any atom is 0.414 e. The van der Waals surface area contributed by atoms with Gasteiger partial charge in [0.15, 0.2) is 0 Å². The van der Waals surface area contributed by atoms with Crippen LogP contribution in [0.3, 0.4) is 0 Å². The molecule has 0 rings (SSSR count). The predicted octanol–water partition coefficient (Wildman–Crippen LogP) is 3.20. The Bertz CT molecular complexity index is 589. The van der Waals surface area contributed by atoms with Crippen molar-refractivity contribution in [1.82, 2.24) is 16.0 Å². The van der Waals surface area contributed by atoms with Crippen LogP contribution in [0.25, 0.3) is 0 Å². The zero-order chi connectivity index (χ0) is 24.8. The highest BCUT2D eigenvalue weighted by Crippen LogP contribution is 2.08. The molecule has 0 spiro atoms. The van der Waals surface area contributed by atoms with Gasteiger partial charge in [0.05, 0.1) is 6.04 Å². The van der Waals surface area contributed by atoms with Crippen LogP contribution in [0.4, 0.5) is 9.59 Å². The molecule has 5 N–H and O–H groups in total. The number of ether oxygens (including phenoxy) is 2. The van der Waals surface area contributed by atoms with E-state index in [4.69, 9.17) is 15.2 Å². The molecule has 0 heterocycles. The largest absolute Gasteiger partial charge is 0.444 e. The molecule has 32 heavy (non-hydrogen) atoms. The summed E-state index contributed by atoms with van der Waals surface area (Å²) in [6, 6.07) is -0.477. The zero-order valence-electron chi connectivity index (χ0n) is 20.8. The minimum atomic E-state index is -0.705. The lowest BCUT2D eigenvalue weighted by Crippen LogP contribution is -2.47. The van der Waals surface area contributed by atoms with Gasteiger partial charge in [-0.05, 0) is 61.3 Å². The summed E-state index contributed by atoms with van der Waals surface area (Å²) in [5, 5.41) is 7.73. The number of amides is 3. The summed E-state index contributed by atoms with van der Waals surface area (Å²) >= 11 is 0. The number of guanidine groups is 1. The number of hydrogen-bond acceptors (Lipinski definition) is 7. The first-order chi connectivity index (χ1) is 14.7. The summed E-state index contributed by atoms with van der Waals surface area (Å²) in [7, 11) is 0. The first-order valence-corrected chi connectivity index (χ1v) is 11.3. The van der Waals surface area contributed by atoms with Crippen LogP contribution < -0.4 is 21.7 Å². The van der Waals surface area contributed by atoms with Crippen molar-refractivity contribution in [3.8, 4) is 0 Å². The number of aliphatic imine (C=N–C) groups is 1. The molecule has 0 aromatic heterocycles. The van der Waals surface area contributed by atoms with Crippen molar-refractivity contribution in [2.24, 2.45) is 10.7 Å². The maximum absolute atomic E-state index is 12.0. The Morgan fingerprint density at radius 3 is 1.69 bits per heavy atom. The quantitative estimate of drug-likeness (QED) is 0.225. The number of carbonyl (C=O) groups is 3. The van der Waals surface area contributed by atoms with Gasteiger partial charge in [0.2, 0.25) is 11.9 Å². The summed E-state index contributed by atoms with van der Waals surface area (Å²) < 4.78 is 10.4. The molecule has 10 nitrogen and oxygen atoms in total. The SMILES string of the molecule is C[C@H](N)C(=O)NCCCCCCCCN=C(NC(=O)OC(C)(C)C)NC(=O)OC(C)(C)C. The number of hydrogen-bond donors (Lipinski definition) is 4. The summed E-state index contributed by atoms with van der Waals surface area (Å²) in [6.45, 7) is 13.2. The summed E-state index contributed by atoms with van der Waals surface area (Å²) in [5.74, 6) is -0.128. The molecular weight excluding hydrogens is 414 g/mol. The molecule has 0 aliphatic heterocycles. The Hall–Kier alpha value is -2.36. The number of nitrogens with two attached hydrogens (primary N) is 1. The standard InChI is InChI=1S/C22H43N5O5/c1-16(23)17(28)24-14-12-10-8-9-11-13-15-25-18(26-19(29)31-21(2,3)4)27-20(30)32-22(5,6)7/h16H,8-15,23H2,1-7H3,(H,24,28)(H2,25,26,27,29,30)/t16-/m0/s1. The van der Waals surface area contributed by atoms with Gasteiger partial charge >= 0.3 is 12.2 Å². The summed E-state index contributed by atoms with van der Waals surface area (Å²) in [5.41, 5.74) is 4.14. The van der Waals surface area contributed by atoms with Gasteiger partial charge in [0.1, 0.15) is 11.2 Å². The lowest BCUT2D eigenvalue weighted by molar-refractivity contribution is -0.121. The summed E-state index contributed by atoms with van der Waals surface area (Å²) in [6.07, 6.45) is 4.38. The van der Waals surface area contributed by atoms with Crippen molar-refractivity contribution < 1.29 is 23.9 Å². The molecule has 0 radical (unpaired) electrons. The summed E-state index contributed by atoms with van der Waals surface area (Å²) in [4.78, 5) is 39.7. The molecule has 10 heteroatoms. The van der Waals surface area contributed by atoms with Gasteiger partial charge in [-0.2, -0.15) is 0 Å². The Morgan fingerprint density at radius 2 is 1.25 bits per heavy atom. The predicted molar refractivity (Wildman–Crippen MR) is 125 cm³/mol. The Balaban J connectivity index is 4.37. The molecule has 0 saturated heterocycles. The molecule has 0 aromatic rings. The lowest BCUT2D eigenvalue weighted by atomic mass is 10.1. The molecule has 1 atom stereocenters. The van der Waals surface area contributed by atoms with Crippen molar-refractivity contribution in [3.63, 3.8) is 0 Å². The average molecular weight is 458 g/mol. The molecule has 0 aromatic carbocycles. The monoisotopic (exact) mass is 457 g/mol. The van der Waals surface area contributed by atoms with Gasteiger partial charge in [0.25, 0.3) is 0 Å². The second kappa shape index (κ2) is 14.7. The Morgan fingerprint density at radius 1 is 0.812 bits per heavy atom. The lowest BCUT2D eigenvalue weighted by Gasteiger charge is -2.22. The van der Waals surface area contributed by atoms with Crippen LogP contribution in [-0.2, 0) is 14.3 Å². The average Bonchev–Trinajstić information content (AvgIpc) is 2.59. The fourth-order valence-corrected chi connectivity index (χ4v) is 2.42. The number of rotatable bonds is 10. The third kappa shape index (κ3) is 18.4. The van der Waals surface area contributed by atoms with Gasteiger partial charge in [-0.1, -0.05) is 25.7 Å². The Kier molecular flexibility index (Phi) is 13.6. The van der Waals surface area contributed by atoms with Gasteiger partial charge < -0.3 is 20.5 Å². The zero-order valence-corrected chi connectivity index (χ0v) is 20.8. The normalized spacial score (nSPS) is 12.4. The van der Waals surface area contributed by atoms with Crippen molar-refractivity contribution in [2.45, 2.75) is 104 Å². The Labute approximate surface area is 192 Å². The molecule has 0 aliphatic carbocycles. The van der Waals surface area contributed by atoms with Gasteiger partial charge in [0, 0.05) is 13.1 Å². The molecule has 0 unspecified atom stereocenters. The van der Waals surface area contributed by atoms with E-state index < -0.39 is 29.4 Å². The first-order valence-electron chi connectivity index (χ1n) is 11.3. The topological polar surface area (TPSA) is 144 Å². The maximum atomic E-state index is 12.0. The fraction of sp³-hybridized carbons (Fsp3) is 0.818. The van der Waals surface area contributed by atoms with E-state index in [2.05, 4.69) is 20.9 Å².